The first kappa shape index (κ1) is 14.2. The lowest BCUT2D eigenvalue weighted by atomic mass is 10.1. The normalized spacial score (nSPS) is 17.7. The van der Waals surface area contributed by atoms with E-state index in [1.54, 1.807) is 28.0 Å². The number of hydrogen-bond acceptors (Lipinski definition) is 4. The van der Waals surface area contributed by atoms with Crippen molar-refractivity contribution in [3.05, 3.63) is 36.4 Å². The summed E-state index contributed by atoms with van der Waals surface area (Å²) in [4.78, 5) is 29.2. The molecule has 3 heterocycles. The summed E-state index contributed by atoms with van der Waals surface area (Å²) < 4.78 is 1.68. The van der Waals surface area contributed by atoms with Crippen molar-refractivity contribution in [1.82, 2.24) is 19.7 Å². The molecule has 114 valence electrons. The van der Waals surface area contributed by atoms with E-state index in [9.17, 15) is 9.59 Å². The maximum atomic E-state index is 12.5. The number of pyridine rings is 1. The molecule has 1 aliphatic rings. The van der Waals surface area contributed by atoms with Crippen molar-refractivity contribution >= 4 is 11.9 Å². The molecular weight excluding hydrogens is 284 g/mol. The lowest BCUT2D eigenvalue weighted by molar-refractivity contribution is -0.141. The number of rotatable bonds is 3. The van der Waals surface area contributed by atoms with Crippen LogP contribution in [0.3, 0.4) is 0 Å². The Labute approximate surface area is 127 Å². The molecule has 1 aliphatic heterocycles. The summed E-state index contributed by atoms with van der Waals surface area (Å²) in [6.07, 6.45) is 7.24. The van der Waals surface area contributed by atoms with Gasteiger partial charge in [0.15, 0.2) is 0 Å². The number of carbonyl (C=O) groups excluding carboxylic acids is 1. The second-order valence-corrected chi connectivity index (χ2v) is 5.44. The molecule has 1 atom stereocenters. The molecule has 0 aromatic carbocycles. The van der Waals surface area contributed by atoms with Crippen molar-refractivity contribution in [2.24, 2.45) is 13.0 Å². The molecule has 1 amide bonds. The maximum absolute atomic E-state index is 12.5. The highest BCUT2D eigenvalue weighted by Gasteiger charge is 2.31. The van der Waals surface area contributed by atoms with Crippen molar-refractivity contribution in [2.75, 3.05) is 13.1 Å². The van der Waals surface area contributed by atoms with Gasteiger partial charge in [0.25, 0.3) is 5.91 Å². The largest absolute Gasteiger partial charge is 0.481 e. The molecule has 22 heavy (non-hydrogen) atoms. The number of carboxylic acids is 1. The Morgan fingerprint density at radius 2 is 2.09 bits per heavy atom. The fourth-order valence-corrected chi connectivity index (χ4v) is 2.61. The molecule has 1 N–H and O–H groups in total. The van der Waals surface area contributed by atoms with Crippen LogP contribution in [0.5, 0.6) is 0 Å². The molecule has 1 saturated heterocycles. The van der Waals surface area contributed by atoms with Gasteiger partial charge in [-0.25, -0.2) is 0 Å². The number of likely N-dealkylation sites (tertiary alicyclic amines) is 1. The van der Waals surface area contributed by atoms with E-state index >= 15 is 0 Å². The van der Waals surface area contributed by atoms with Crippen LogP contribution < -0.4 is 0 Å². The molecular formula is C15H16N4O3. The minimum Gasteiger partial charge on any atom is -0.481 e. The molecule has 7 heteroatoms. The van der Waals surface area contributed by atoms with Crippen LogP contribution in [0.2, 0.25) is 0 Å². The summed E-state index contributed by atoms with van der Waals surface area (Å²) in [6.45, 7) is 0.720. The van der Waals surface area contributed by atoms with Crippen LogP contribution in [0.15, 0.2) is 30.9 Å². The Kier molecular flexibility index (Phi) is 3.62. The van der Waals surface area contributed by atoms with Crippen LogP contribution in [0.1, 0.15) is 16.8 Å². The molecule has 1 fully saturated rings. The van der Waals surface area contributed by atoms with Crippen molar-refractivity contribution in [1.29, 1.82) is 0 Å². The van der Waals surface area contributed by atoms with Gasteiger partial charge in [0.2, 0.25) is 0 Å². The van der Waals surface area contributed by atoms with Crippen LogP contribution in [-0.2, 0) is 11.8 Å². The van der Waals surface area contributed by atoms with Crippen molar-refractivity contribution in [2.45, 2.75) is 6.42 Å². The average Bonchev–Trinajstić information content (AvgIpc) is 3.15. The molecule has 0 aliphatic carbocycles. The zero-order valence-corrected chi connectivity index (χ0v) is 12.1. The number of aromatic nitrogens is 3. The number of carbonyl (C=O) groups is 2. The Morgan fingerprint density at radius 1 is 1.27 bits per heavy atom. The van der Waals surface area contributed by atoms with Crippen LogP contribution in [0, 0.1) is 5.92 Å². The van der Waals surface area contributed by atoms with Gasteiger partial charge >= 0.3 is 5.97 Å². The standard InChI is InChI=1S/C15H16N4O3/c1-18-8-13(7-17-18)11-4-12(6-16-5-11)14(20)19-3-2-10(9-19)15(21)22/h4-8,10H,2-3,9H2,1H3,(H,21,22). The highest BCUT2D eigenvalue weighted by Crippen LogP contribution is 2.22. The number of aryl methyl sites for hydroxylation is 1. The van der Waals surface area contributed by atoms with Crippen LogP contribution in [0.4, 0.5) is 0 Å². The third-order valence-corrected chi connectivity index (χ3v) is 3.85. The average molecular weight is 300 g/mol. The van der Waals surface area contributed by atoms with E-state index in [-0.39, 0.29) is 12.5 Å². The van der Waals surface area contributed by atoms with E-state index in [1.807, 2.05) is 13.2 Å². The molecule has 7 nitrogen and oxygen atoms in total. The Balaban J connectivity index is 1.80. The topological polar surface area (TPSA) is 88.3 Å². The second kappa shape index (κ2) is 5.59. The predicted molar refractivity (Wildman–Crippen MR) is 78.1 cm³/mol. The van der Waals surface area contributed by atoms with Gasteiger partial charge in [-0.3, -0.25) is 19.3 Å². The predicted octanol–water partition coefficient (Wildman–Crippen LogP) is 1.03. The summed E-state index contributed by atoms with van der Waals surface area (Å²) in [6, 6.07) is 1.76. The number of aliphatic carboxylic acids is 1. The summed E-state index contributed by atoms with van der Waals surface area (Å²) in [5.41, 5.74) is 2.16. The van der Waals surface area contributed by atoms with E-state index in [0.717, 1.165) is 11.1 Å². The van der Waals surface area contributed by atoms with Gasteiger partial charge in [-0.1, -0.05) is 0 Å². The van der Waals surface area contributed by atoms with E-state index < -0.39 is 11.9 Å². The molecule has 3 rings (SSSR count). The molecule has 1 unspecified atom stereocenters. The van der Waals surface area contributed by atoms with E-state index in [0.29, 0.717) is 18.5 Å². The Bertz CT molecular complexity index is 725. The minimum atomic E-state index is -0.850. The summed E-state index contributed by atoms with van der Waals surface area (Å²) in [5.74, 6) is -1.50. The molecule has 2 aromatic heterocycles. The SMILES string of the molecule is Cn1cc(-c2cncc(C(=O)N3CCC(C(=O)O)C3)c2)cn1. The van der Waals surface area contributed by atoms with E-state index in [2.05, 4.69) is 10.1 Å². The summed E-state index contributed by atoms with van der Waals surface area (Å²) >= 11 is 0. The third kappa shape index (κ3) is 2.69. The molecule has 0 bridgehead atoms. The quantitative estimate of drug-likeness (QED) is 0.914. The Hall–Kier alpha value is -2.70. The van der Waals surface area contributed by atoms with Crippen molar-refractivity contribution in [3.63, 3.8) is 0 Å². The van der Waals surface area contributed by atoms with Crippen LogP contribution in [-0.4, -0.2) is 49.7 Å². The lowest BCUT2D eigenvalue weighted by Crippen LogP contribution is -2.30. The smallest absolute Gasteiger partial charge is 0.308 e. The summed E-state index contributed by atoms with van der Waals surface area (Å²) in [5, 5.41) is 13.1. The lowest BCUT2D eigenvalue weighted by Gasteiger charge is -2.15. The number of nitrogens with zero attached hydrogens (tertiary/aromatic N) is 4. The zero-order valence-electron chi connectivity index (χ0n) is 12.1. The zero-order chi connectivity index (χ0) is 15.7. The minimum absolute atomic E-state index is 0.179. The fourth-order valence-electron chi connectivity index (χ4n) is 2.61. The second-order valence-electron chi connectivity index (χ2n) is 5.44. The van der Waals surface area contributed by atoms with E-state index in [4.69, 9.17) is 5.11 Å². The Morgan fingerprint density at radius 3 is 2.73 bits per heavy atom. The number of carboxylic acid groups (broad SMARTS) is 1. The van der Waals surface area contributed by atoms with Gasteiger partial charge in [0.05, 0.1) is 17.7 Å². The van der Waals surface area contributed by atoms with Crippen molar-refractivity contribution in [3.8, 4) is 11.1 Å². The molecule has 0 saturated carbocycles. The maximum Gasteiger partial charge on any atom is 0.308 e. The van der Waals surface area contributed by atoms with Crippen LogP contribution in [0.25, 0.3) is 11.1 Å². The van der Waals surface area contributed by atoms with Gasteiger partial charge in [0, 0.05) is 49.9 Å². The highest BCUT2D eigenvalue weighted by molar-refractivity contribution is 5.95. The van der Waals surface area contributed by atoms with Gasteiger partial charge in [0.1, 0.15) is 0 Å². The molecule has 0 spiro atoms. The number of amides is 1. The summed E-state index contributed by atoms with van der Waals surface area (Å²) in [7, 11) is 1.82. The van der Waals surface area contributed by atoms with Gasteiger partial charge in [-0.2, -0.15) is 5.10 Å². The van der Waals surface area contributed by atoms with Crippen molar-refractivity contribution < 1.29 is 14.7 Å². The third-order valence-electron chi connectivity index (χ3n) is 3.85. The van der Waals surface area contributed by atoms with Gasteiger partial charge in [-0.15, -0.1) is 0 Å². The van der Waals surface area contributed by atoms with Crippen LogP contribution >= 0.6 is 0 Å². The van der Waals surface area contributed by atoms with E-state index in [1.165, 1.54) is 6.20 Å². The molecule has 0 radical (unpaired) electrons. The molecule has 2 aromatic rings. The highest BCUT2D eigenvalue weighted by atomic mass is 16.4. The first-order valence-corrected chi connectivity index (χ1v) is 7.01. The first-order chi connectivity index (χ1) is 10.5. The van der Waals surface area contributed by atoms with Gasteiger partial charge < -0.3 is 10.0 Å². The van der Waals surface area contributed by atoms with Gasteiger partial charge in [-0.05, 0) is 12.5 Å². The first-order valence-electron chi connectivity index (χ1n) is 7.01. The fraction of sp³-hybridized carbons (Fsp3) is 0.333. The monoisotopic (exact) mass is 300 g/mol. The number of hydrogen-bond donors (Lipinski definition) is 1.